The Labute approximate surface area is 170 Å². The Balaban J connectivity index is 1.50. The molecule has 2 aromatic rings. The van der Waals surface area contributed by atoms with Gasteiger partial charge in [0, 0.05) is 26.2 Å². The molecule has 1 N–H and O–H groups in total. The quantitative estimate of drug-likeness (QED) is 0.772. The van der Waals surface area contributed by atoms with Gasteiger partial charge in [-0.15, -0.1) is 0 Å². The van der Waals surface area contributed by atoms with Crippen LogP contribution in [0, 0.1) is 6.92 Å². The predicted molar refractivity (Wildman–Crippen MR) is 108 cm³/mol. The smallest absolute Gasteiger partial charge is 0.258 e. The third kappa shape index (κ3) is 3.83. The van der Waals surface area contributed by atoms with E-state index in [-0.39, 0.29) is 16.0 Å². The van der Waals surface area contributed by atoms with E-state index in [0.29, 0.717) is 19.6 Å². The maximum absolute atomic E-state index is 13.1. The zero-order valence-corrected chi connectivity index (χ0v) is 17.0. The highest BCUT2D eigenvalue weighted by Gasteiger charge is 2.32. The largest absolute Gasteiger partial charge is 0.298 e. The van der Waals surface area contributed by atoms with Crippen LogP contribution in [0.3, 0.4) is 0 Å². The average Bonchev–Trinajstić information content (AvgIpc) is 2.86. The minimum atomic E-state index is -3.74. The van der Waals surface area contributed by atoms with Crippen LogP contribution in [0.2, 0.25) is 0 Å². The number of sulfonamides is 1. The molecule has 7 nitrogen and oxygen atoms in total. The number of nitrogens with zero attached hydrogens (tertiary/aromatic N) is 2. The van der Waals surface area contributed by atoms with Gasteiger partial charge in [-0.05, 0) is 49.2 Å². The maximum atomic E-state index is 13.1. The third-order valence-corrected chi connectivity index (χ3v) is 7.44. The predicted octanol–water partition coefficient (Wildman–Crippen LogP) is 1.78. The molecule has 8 heteroatoms. The maximum Gasteiger partial charge on any atom is 0.258 e. The van der Waals surface area contributed by atoms with E-state index in [9.17, 15) is 18.0 Å². The lowest BCUT2D eigenvalue weighted by atomic mass is 10.1. The van der Waals surface area contributed by atoms with Gasteiger partial charge in [-0.2, -0.15) is 4.31 Å². The van der Waals surface area contributed by atoms with Crippen molar-refractivity contribution in [3.8, 4) is 0 Å². The van der Waals surface area contributed by atoms with E-state index in [4.69, 9.17) is 0 Å². The molecule has 0 bridgehead atoms. The molecule has 2 heterocycles. The molecule has 0 atom stereocenters. The Morgan fingerprint density at radius 1 is 0.931 bits per heavy atom. The van der Waals surface area contributed by atoms with Gasteiger partial charge in [0.15, 0.2) is 0 Å². The SMILES string of the molecule is Cc1ccccc1CN1CCCN(S(=O)(=O)c2ccc3c(c2)C(=O)NC3=O)CC1. The molecule has 2 aliphatic rings. The summed E-state index contributed by atoms with van der Waals surface area (Å²) in [5.41, 5.74) is 2.81. The molecule has 2 amide bonds. The molecule has 0 radical (unpaired) electrons. The summed E-state index contributed by atoms with van der Waals surface area (Å²) in [5, 5.41) is 2.19. The molecule has 29 heavy (non-hydrogen) atoms. The number of rotatable bonds is 4. The summed E-state index contributed by atoms with van der Waals surface area (Å²) < 4.78 is 27.7. The number of aryl methyl sites for hydroxylation is 1. The Hall–Kier alpha value is -2.55. The second-order valence-electron chi connectivity index (χ2n) is 7.45. The molecule has 0 aliphatic carbocycles. The number of imide groups is 1. The number of amides is 2. The lowest BCUT2D eigenvalue weighted by Crippen LogP contribution is -2.35. The van der Waals surface area contributed by atoms with Gasteiger partial charge in [0.25, 0.3) is 11.8 Å². The van der Waals surface area contributed by atoms with Gasteiger partial charge in [0.1, 0.15) is 0 Å². The Morgan fingerprint density at radius 2 is 1.69 bits per heavy atom. The molecule has 4 rings (SSSR count). The van der Waals surface area contributed by atoms with Crippen LogP contribution in [0.25, 0.3) is 0 Å². The number of hydrogen-bond donors (Lipinski definition) is 1. The van der Waals surface area contributed by atoms with E-state index in [1.807, 2.05) is 12.1 Å². The number of benzene rings is 2. The van der Waals surface area contributed by atoms with Crippen molar-refractivity contribution in [1.29, 1.82) is 0 Å². The molecule has 0 unspecified atom stereocenters. The summed E-state index contributed by atoms with van der Waals surface area (Å²) in [6, 6.07) is 12.3. The summed E-state index contributed by atoms with van der Waals surface area (Å²) in [4.78, 5) is 25.9. The van der Waals surface area contributed by atoms with Crippen LogP contribution < -0.4 is 5.32 Å². The Bertz CT molecular complexity index is 1080. The first-order valence-electron chi connectivity index (χ1n) is 9.63. The summed E-state index contributed by atoms with van der Waals surface area (Å²) in [5.74, 6) is -1.04. The minimum Gasteiger partial charge on any atom is -0.298 e. The van der Waals surface area contributed by atoms with Crippen molar-refractivity contribution in [1.82, 2.24) is 14.5 Å². The third-order valence-electron chi connectivity index (χ3n) is 5.55. The summed E-state index contributed by atoms with van der Waals surface area (Å²) in [6.07, 6.45) is 0.731. The number of carbonyl (C=O) groups is 2. The molecular formula is C21H23N3O4S. The fourth-order valence-electron chi connectivity index (χ4n) is 3.83. The van der Waals surface area contributed by atoms with Gasteiger partial charge in [-0.3, -0.25) is 19.8 Å². The van der Waals surface area contributed by atoms with Gasteiger partial charge >= 0.3 is 0 Å². The first-order chi connectivity index (χ1) is 13.9. The highest BCUT2D eigenvalue weighted by Crippen LogP contribution is 2.24. The standard InChI is InChI=1S/C21H23N3O4S/c1-15-5-2-3-6-16(15)14-23-9-4-10-24(12-11-23)29(27,28)17-7-8-18-19(13-17)21(26)22-20(18)25/h2-3,5-8,13H,4,9-12,14H2,1H3,(H,22,25,26). The van der Waals surface area contributed by atoms with Crippen molar-refractivity contribution in [3.63, 3.8) is 0 Å². The lowest BCUT2D eigenvalue weighted by molar-refractivity contribution is 0.0879. The number of hydrogen-bond acceptors (Lipinski definition) is 5. The first kappa shape index (κ1) is 19.8. The van der Waals surface area contributed by atoms with Gasteiger partial charge in [0.2, 0.25) is 10.0 Å². The fraction of sp³-hybridized carbons (Fsp3) is 0.333. The monoisotopic (exact) mass is 413 g/mol. The molecular weight excluding hydrogens is 390 g/mol. The lowest BCUT2D eigenvalue weighted by Gasteiger charge is -2.22. The van der Waals surface area contributed by atoms with Crippen molar-refractivity contribution in [2.24, 2.45) is 0 Å². The van der Waals surface area contributed by atoms with Crippen molar-refractivity contribution in [2.75, 3.05) is 26.2 Å². The van der Waals surface area contributed by atoms with Gasteiger partial charge in [0.05, 0.1) is 16.0 Å². The van der Waals surface area contributed by atoms with Gasteiger partial charge in [-0.25, -0.2) is 8.42 Å². The molecule has 0 aromatic heterocycles. The van der Waals surface area contributed by atoms with Gasteiger partial charge < -0.3 is 0 Å². The second kappa shape index (κ2) is 7.70. The second-order valence-corrected chi connectivity index (χ2v) is 9.39. The fourth-order valence-corrected chi connectivity index (χ4v) is 5.33. The van der Waals surface area contributed by atoms with Crippen molar-refractivity contribution in [3.05, 3.63) is 64.7 Å². The van der Waals surface area contributed by atoms with E-state index in [1.165, 1.54) is 33.6 Å². The van der Waals surface area contributed by atoms with Crippen molar-refractivity contribution < 1.29 is 18.0 Å². The molecule has 2 aromatic carbocycles. The zero-order chi connectivity index (χ0) is 20.6. The first-order valence-corrected chi connectivity index (χ1v) is 11.1. The highest BCUT2D eigenvalue weighted by atomic mass is 32.2. The average molecular weight is 413 g/mol. The van der Waals surface area contributed by atoms with Crippen LogP contribution in [0.15, 0.2) is 47.4 Å². The normalized spacial score (nSPS) is 18.4. The topological polar surface area (TPSA) is 86.8 Å². The Kier molecular flexibility index (Phi) is 5.24. The van der Waals surface area contributed by atoms with Crippen LogP contribution in [0.4, 0.5) is 0 Å². The van der Waals surface area contributed by atoms with Crippen LogP contribution in [-0.2, 0) is 16.6 Å². The minimum absolute atomic E-state index is 0.0495. The number of carbonyl (C=O) groups excluding carboxylic acids is 2. The van der Waals surface area contributed by atoms with Crippen LogP contribution in [0.1, 0.15) is 38.3 Å². The summed E-state index contributed by atoms with van der Waals surface area (Å²) in [7, 11) is -3.74. The van der Waals surface area contributed by atoms with Gasteiger partial charge in [-0.1, -0.05) is 24.3 Å². The summed E-state index contributed by atoms with van der Waals surface area (Å²) in [6.45, 7) is 5.14. The molecule has 2 aliphatic heterocycles. The zero-order valence-electron chi connectivity index (χ0n) is 16.2. The van der Waals surface area contributed by atoms with E-state index >= 15 is 0 Å². The Morgan fingerprint density at radius 3 is 2.48 bits per heavy atom. The van der Waals surface area contributed by atoms with E-state index in [2.05, 4.69) is 29.3 Å². The molecule has 1 fully saturated rings. The van der Waals surface area contributed by atoms with Crippen molar-refractivity contribution >= 4 is 21.8 Å². The van der Waals surface area contributed by atoms with E-state index < -0.39 is 21.8 Å². The van der Waals surface area contributed by atoms with Crippen molar-refractivity contribution in [2.45, 2.75) is 24.8 Å². The molecule has 0 saturated carbocycles. The highest BCUT2D eigenvalue weighted by molar-refractivity contribution is 7.89. The molecule has 152 valence electrons. The summed E-state index contributed by atoms with van der Waals surface area (Å²) >= 11 is 0. The number of nitrogens with one attached hydrogen (secondary N) is 1. The molecule has 1 saturated heterocycles. The van der Waals surface area contributed by atoms with E-state index in [0.717, 1.165) is 19.5 Å². The van der Waals surface area contributed by atoms with Crippen LogP contribution in [0.5, 0.6) is 0 Å². The van der Waals surface area contributed by atoms with Crippen LogP contribution in [-0.4, -0.2) is 55.6 Å². The van der Waals surface area contributed by atoms with Crippen LogP contribution >= 0.6 is 0 Å². The number of fused-ring (bicyclic) bond motifs is 1. The van der Waals surface area contributed by atoms with E-state index in [1.54, 1.807) is 0 Å². The molecule has 0 spiro atoms.